The number of halogens is 1. The van der Waals surface area contributed by atoms with Gasteiger partial charge in [-0.05, 0) is 55.8 Å². The normalized spacial score (nSPS) is 17.7. The molecule has 0 bridgehead atoms. The third-order valence-corrected chi connectivity index (χ3v) is 5.71. The number of amides is 1. The molecule has 2 heterocycles. The second-order valence-electron chi connectivity index (χ2n) is 7.42. The van der Waals surface area contributed by atoms with Crippen LogP contribution in [0.5, 0.6) is 0 Å². The zero-order chi connectivity index (χ0) is 18.6. The number of para-hydroxylation sites is 2. The van der Waals surface area contributed by atoms with E-state index in [1.165, 1.54) is 24.8 Å². The lowest BCUT2D eigenvalue weighted by molar-refractivity contribution is -0.120. The second kappa shape index (κ2) is 8.32. The zero-order valence-corrected chi connectivity index (χ0v) is 16.4. The van der Waals surface area contributed by atoms with Crippen molar-refractivity contribution in [1.82, 2.24) is 4.90 Å². The molecule has 0 N–H and O–H groups in total. The molecule has 0 spiro atoms. The minimum Gasteiger partial charge on any atom is -0.364 e. The van der Waals surface area contributed by atoms with Crippen molar-refractivity contribution in [2.45, 2.75) is 25.8 Å². The van der Waals surface area contributed by atoms with Crippen LogP contribution in [0.25, 0.3) is 0 Å². The number of anilines is 2. The number of carbonyl (C=O) groups is 1. The number of carbonyl (C=O) groups excluding carboxylic acids is 1. The maximum Gasteiger partial charge on any atom is 0.241 e. The lowest BCUT2D eigenvalue weighted by Gasteiger charge is -2.39. The molecule has 2 aromatic rings. The van der Waals surface area contributed by atoms with Crippen LogP contribution < -0.4 is 9.80 Å². The van der Waals surface area contributed by atoms with Crippen LogP contribution in [0.1, 0.15) is 24.8 Å². The first-order valence-corrected chi connectivity index (χ1v) is 10.2. The van der Waals surface area contributed by atoms with Crippen molar-refractivity contribution in [2.24, 2.45) is 0 Å². The Kier molecular flexibility index (Phi) is 5.65. The van der Waals surface area contributed by atoms with Crippen molar-refractivity contribution in [3.8, 4) is 0 Å². The Morgan fingerprint density at radius 1 is 0.889 bits per heavy atom. The van der Waals surface area contributed by atoms with Gasteiger partial charge in [-0.25, -0.2) is 0 Å². The molecule has 142 valence electrons. The highest BCUT2D eigenvalue weighted by atomic mass is 35.5. The average molecular weight is 384 g/mol. The number of likely N-dealkylation sites (tertiary alicyclic amines) is 1. The predicted octanol–water partition coefficient (Wildman–Crippen LogP) is 4.18. The molecule has 0 atom stereocenters. The highest BCUT2D eigenvalue weighted by Crippen LogP contribution is 2.34. The van der Waals surface area contributed by atoms with Crippen molar-refractivity contribution in [3.63, 3.8) is 0 Å². The van der Waals surface area contributed by atoms with E-state index >= 15 is 0 Å². The quantitative estimate of drug-likeness (QED) is 0.792. The van der Waals surface area contributed by atoms with E-state index in [-0.39, 0.29) is 5.91 Å². The molecule has 0 aliphatic carbocycles. The summed E-state index contributed by atoms with van der Waals surface area (Å²) >= 11 is 6.14. The molecule has 1 saturated heterocycles. The van der Waals surface area contributed by atoms with Crippen LogP contribution in [0.15, 0.2) is 48.5 Å². The van der Waals surface area contributed by atoms with E-state index in [2.05, 4.69) is 28.0 Å². The smallest absolute Gasteiger partial charge is 0.241 e. The molecule has 1 amide bonds. The van der Waals surface area contributed by atoms with E-state index in [1.54, 1.807) is 0 Å². The largest absolute Gasteiger partial charge is 0.364 e. The third kappa shape index (κ3) is 4.28. The Morgan fingerprint density at radius 3 is 2.44 bits per heavy atom. The van der Waals surface area contributed by atoms with Crippen molar-refractivity contribution >= 4 is 28.9 Å². The van der Waals surface area contributed by atoms with Gasteiger partial charge in [0.25, 0.3) is 0 Å². The molecule has 5 heteroatoms. The Hall–Kier alpha value is -2.04. The molecular formula is C22H26ClN3O. The van der Waals surface area contributed by atoms with Gasteiger partial charge in [0.1, 0.15) is 0 Å². The Labute approximate surface area is 166 Å². The number of rotatable bonds is 4. The van der Waals surface area contributed by atoms with Crippen LogP contribution in [0.4, 0.5) is 11.4 Å². The van der Waals surface area contributed by atoms with Gasteiger partial charge in [0.05, 0.1) is 17.9 Å². The van der Waals surface area contributed by atoms with E-state index in [0.717, 1.165) is 49.1 Å². The summed E-state index contributed by atoms with van der Waals surface area (Å²) in [5.41, 5.74) is 3.33. The zero-order valence-electron chi connectivity index (χ0n) is 15.6. The predicted molar refractivity (Wildman–Crippen MR) is 112 cm³/mol. The van der Waals surface area contributed by atoms with Gasteiger partial charge in [-0.2, -0.15) is 0 Å². The van der Waals surface area contributed by atoms with Gasteiger partial charge in [-0.1, -0.05) is 42.3 Å². The van der Waals surface area contributed by atoms with Gasteiger partial charge in [-0.3, -0.25) is 9.69 Å². The Bertz CT molecular complexity index is 804. The van der Waals surface area contributed by atoms with Crippen LogP contribution in [-0.2, 0) is 11.3 Å². The lowest BCUT2D eigenvalue weighted by atomic mass is 10.1. The molecule has 0 unspecified atom stereocenters. The van der Waals surface area contributed by atoms with E-state index in [9.17, 15) is 4.79 Å². The molecule has 4 nitrogen and oxygen atoms in total. The van der Waals surface area contributed by atoms with E-state index in [4.69, 9.17) is 11.6 Å². The summed E-state index contributed by atoms with van der Waals surface area (Å²) in [6.45, 7) is 4.97. The van der Waals surface area contributed by atoms with Gasteiger partial charge >= 0.3 is 0 Å². The van der Waals surface area contributed by atoms with E-state index in [1.807, 2.05) is 35.2 Å². The summed E-state index contributed by atoms with van der Waals surface area (Å²) in [6, 6.07) is 16.2. The maximum atomic E-state index is 13.0. The Balaban J connectivity index is 1.51. The monoisotopic (exact) mass is 383 g/mol. The minimum absolute atomic E-state index is 0.215. The van der Waals surface area contributed by atoms with Gasteiger partial charge in [-0.15, -0.1) is 0 Å². The topological polar surface area (TPSA) is 26.8 Å². The fourth-order valence-electron chi connectivity index (χ4n) is 4.09. The van der Waals surface area contributed by atoms with Crippen molar-refractivity contribution in [2.75, 3.05) is 42.5 Å². The summed E-state index contributed by atoms with van der Waals surface area (Å²) in [7, 11) is 0. The molecule has 27 heavy (non-hydrogen) atoms. The van der Waals surface area contributed by atoms with Crippen LogP contribution in [0, 0.1) is 0 Å². The lowest BCUT2D eigenvalue weighted by Crippen LogP contribution is -2.48. The molecule has 4 rings (SSSR count). The second-order valence-corrected chi connectivity index (χ2v) is 7.86. The van der Waals surface area contributed by atoms with Crippen LogP contribution in [0.2, 0.25) is 5.02 Å². The number of hydrogen-bond donors (Lipinski definition) is 0. The summed E-state index contributed by atoms with van der Waals surface area (Å²) in [5.74, 6) is 0.215. The molecular weight excluding hydrogens is 358 g/mol. The first-order chi connectivity index (χ1) is 13.2. The van der Waals surface area contributed by atoms with Gasteiger partial charge in [0.15, 0.2) is 0 Å². The summed E-state index contributed by atoms with van der Waals surface area (Å²) in [6.07, 6.45) is 3.70. The van der Waals surface area contributed by atoms with Crippen molar-refractivity contribution in [1.29, 1.82) is 0 Å². The molecule has 0 aromatic heterocycles. The highest BCUT2D eigenvalue weighted by molar-refractivity contribution is 6.30. The molecule has 0 radical (unpaired) electrons. The van der Waals surface area contributed by atoms with Gasteiger partial charge < -0.3 is 9.80 Å². The number of benzene rings is 2. The number of piperidine rings is 1. The SMILES string of the molecule is O=C(CN1CCCCC1)N1CCN(Cc2cccc(Cl)c2)c2ccccc21. The fourth-order valence-corrected chi connectivity index (χ4v) is 4.31. The minimum atomic E-state index is 0.215. The summed E-state index contributed by atoms with van der Waals surface area (Å²) < 4.78 is 0. The van der Waals surface area contributed by atoms with Gasteiger partial charge in [0.2, 0.25) is 5.91 Å². The van der Waals surface area contributed by atoms with Crippen molar-refractivity contribution in [3.05, 3.63) is 59.1 Å². The van der Waals surface area contributed by atoms with E-state index in [0.29, 0.717) is 6.54 Å². The van der Waals surface area contributed by atoms with Crippen LogP contribution >= 0.6 is 11.6 Å². The standard InChI is InChI=1S/C22H26ClN3O/c23-19-8-6-7-18(15-19)16-25-13-14-26(21-10-3-2-9-20(21)25)22(27)17-24-11-4-1-5-12-24/h2-3,6-10,15H,1,4-5,11-14,16-17H2. The van der Waals surface area contributed by atoms with Gasteiger partial charge in [0, 0.05) is 24.7 Å². The molecule has 2 aromatic carbocycles. The molecule has 2 aliphatic heterocycles. The number of nitrogens with zero attached hydrogens (tertiary/aromatic N) is 3. The highest BCUT2D eigenvalue weighted by Gasteiger charge is 2.27. The van der Waals surface area contributed by atoms with E-state index < -0.39 is 0 Å². The first kappa shape index (κ1) is 18.3. The van der Waals surface area contributed by atoms with Crippen LogP contribution in [0.3, 0.4) is 0 Å². The summed E-state index contributed by atoms with van der Waals surface area (Å²) in [5, 5.41) is 0.760. The number of fused-ring (bicyclic) bond motifs is 1. The molecule has 2 aliphatic rings. The first-order valence-electron chi connectivity index (χ1n) is 9.82. The third-order valence-electron chi connectivity index (χ3n) is 5.48. The number of hydrogen-bond acceptors (Lipinski definition) is 3. The fraction of sp³-hybridized carbons (Fsp3) is 0.409. The Morgan fingerprint density at radius 2 is 1.67 bits per heavy atom. The molecule has 0 saturated carbocycles. The average Bonchev–Trinajstić information content (AvgIpc) is 2.69. The van der Waals surface area contributed by atoms with Crippen molar-refractivity contribution < 1.29 is 4.79 Å². The summed E-state index contributed by atoms with van der Waals surface area (Å²) in [4.78, 5) is 19.6. The van der Waals surface area contributed by atoms with Crippen LogP contribution in [-0.4, -0.2) is 43.5 Å². The maximum absolute atomic E-state index is 13.0. The molecule has 1 fully saturated rings.